The predicted octanol–water partition coefficient (Wildman–Crippen LogP) is 9.83. The second-order valence-electron chi connectivity index (χ2n) is 17.5. The third-order valence-electron chi connectivity index (χ3n) is 13.9. The van der Waals surface area contributed by atoms with Crippen LogP contribution < -0.4 is 10.6 Å². The van der Waals surface area contributed by atoms with Crippen LogP contribution in [-0.2, 0) is 23.7 Å². The molecule has 0 amide bonds. The molecule has 44 heavy (non-hydrogen) atoms. The topological polar surface area (TPSA) is 24.1 Å². The van der Waals surface area contributed by atoms with Gasteiger partial charge in [-0.3, -0.25) is 0 Å². The van der Waals surface area contributed by atoms with E-state index in [9.17, 15) is 0 Å². The van der Waals surface area contributed by atoms with Gasteiger partial charge in [-0.05, 0) is 130 Å². The fourth-order valence-electron chi connectivity index (χ4n) is 11.4. The Hall–Kier alpha value is -1.64. The molecule has 2 heteroatoms. The van der Waals surface area contributed by atoms with Gasteiger partial charge in [0.2, 0.25) is 0 Å². The van der Waals surface area contributed by atoms with E-state index in [-0.39, 0.29) is 0 Å². The molecule has 6 rings (SSSR count). The number of aryl methyl sites for hydroxylation is 2. The van der Waals surface area contributed by atoms with Crippen molar-refractivity contribution in [2.24, 2.45) is 22.7 Å². The molecule has 0 aromatic heterocycles. The van der Waals surface area contributed by atoms with Crippen LogP contribution in [0.2, 0.25) is 0 Å². The average molecular weight is 597 g/mol. The third kappa shape index (κ3) is 5.63. The number of rotatable bonds is 9. The number of hydrogen-bond acceptors (Lipinski definition) is 2. The maximum atomic E-state index is 3.97. The summed E-state index contributed by atoms with van der Waals surface area (Å²) in [5.41, 5.74) is 11.1. The molecule has 2 nitrogen and oxygen atoms in total. The van der Waals surface area contributed by atoms with E-state index in [1.165, 1.54) is 75.3 Å². The van der Waals surface area contributed by atoms with Crippen molar-refractivity contribution in [2.75, 3.05) is 26.2 Å². The highest BCUT2D eigenvalue weighted by atomic mass is 15.0. The molecule has 0 spiro atoms. The van der Waals surface area contributed by atoms with Crippen LogP contribution in [0.3, 0.4) is 0 Å². The molecule has 0 unspecified atom stereocenters. The first-order valence-corrected chi connectivity index (χ1v) is 18.6. The zero-order chi connectivity index (χ0) is 31.3. The summed E-state index contributed by atoms with van der Waals surface area (Å²) in [6.45, 7) is 24.2. The normalized spacial score (nSPS) is 34.8. The highest BCUT2D eigenvalue weighted by Gasteiger charge is 2.52. The molecule has 0 saturated heterocycles. The largest absolute Gasteiger partial charge is 0.315 e. The zero-order valence-corrected chi connectivity index (χ0v) is 29.7. The van der Waals surface area contributed by atoms with E-state index < -0.39 is 0 Å². The van der Waals surface area contributed by atoms with Gasteiger partial charge >= 0.3 is 0 Å². The second kappa shape index (κ2) is 12.2. The minimum absolute atomic E-state index is 0.327. The van der Waals surface area contributed by atoms with Crippen molar-refractivity contribution in [2.45, 2.75) is 142 Å². The van der Waals surface area contributed by atoms with E-state index >= 15 is 0 Å². The van der Waals surface area contributed by atoms with Crippen molar-refractivity contribution < 1.29 is 0 Å². The zero-order valence-electron chi connectivity index (χ0n) is 29.7. The maximum absolute atomic E-state index is 3.97. The van der Waals surface area contributed by atoms with Crippen LogP contribution in [0.4, 0.5) is 0 Å². The lowest BCUT2D eigenvalue weighted by atomic mass is 9.49. The summed E-state index contributed by atoms with van der Waals surface area (Å²) in [7, 11) is 0. The van der Waals surface area contributed by atoms with Crippen LogP contribution in [-0.4, -0.2) is 26.2 Å². The number of nitrogens with one attached hydrogen (secondary N) is 2. The third-order valence-corrected chi connectivity index (χ3v) is 13.9. The van der Waals surface area contributed by atoms with Gasteiger partial charge in [0.15, 0.2) is 0 Å². The molecular weight excluding hydrogens is 532 g/mol. The molecule has 0 radical (unpaired) electrons. The molecular formula is C42H64N2. The van der Waals surface area contributed by atoms with Crippen LogP contribution in [0.15, 0.2) is 36.4 Å². The fraction of sp³-hybridized carbons (Fsp3) is 0.714. The van der Waals surface area contributed by atoms with E-state index in [0.29, 0.717) is 33.5 Å². The summed E-state index contributed by atoms with van der Waals surface area (Å²) in [5.74, 6) is 2.77. The fourth-order valence-corrected chi connectivity index (χ4v) is 11.4. The van der Waals surface area contributed by atoms with Gasteiger partial charge in [0.25, 0.3) is 0 Å². The van der Waals surface area contributed by atoms with E-state index in [4.69, 9.17) is 0 Å². The summed E-state index contributed by atoms with van der Waals surface area (Å²) in [6.07, 6.45) is 13.4. The van der Waals surface area contributed by atoms with Crippen molar-refractivity contribution in [3.05, 3.63) is 69.8 Å². The molecule has 6 atom stereocenters. The van der Waals surface area contributed by atoms with Crippen LogP contribution >= 0.6 is 0 Å². The van der Waals surface area contributed by atoms with Crippen molar-refractivity contribution in [3.63, 3.8) is 0 Å². The smallest absolute Gasteiger partial charge is 0.00769 e. The maximum Gasteiger partial charge on any atom is 0.00769 e. The molecule has 4 aliphatic rings. The van der Waals surface area contributed by atoms with Crippen molar-refractivity contribution in [1.82, 2.24) is 10.6 Å². The Labute approximate surface area is 271 Å². The summed E-state index contributed by atoms with van der Waals surface area (Å²) >= 11 is 0. The van der Waals surface area contributed by atoms with Gasteiger partial charge in [-0.25, -0.2) is 0 Å². The van der Waals surface area contributed by atoms with Gasteiger partial charge in [-0.1, -0.05) is 105 Å². The first-order valence-electron chi connectivity index (χ1n) is 18.6. The molecule has 0 bridgehead atoms. The first kappa shape index (κ1) is 32.3. The molecule has 2 aromatic rings. The highest BCUT2D eigenvalue weighted by molar-refractivity contribution is 5.43. The molecule has 4 aliphatic carbocycles. The van der Waals surface area contributed by atoms with Crippen molar-refractivity contribution in [3.8, 4) is 0 Å². The Morgan fingerprint density at radius 3 is 1.41 bits per heavy atom. The van der Waals surface area contributed by atoms with Crippen LogP contribution in [0.25, 0.3) is 0 Å². The Morgan fingerprint density at radius 2 is 1.02 bits per heavy atom. The second-order valence-corrected chi connectivity index (χ2v) is 17.5. The van der Waals surface area contributed by atoms with E-state index in [1.54, 1.807) is 22.3 Å². The Bertz CT molecular complexity index is 1220. The van der Waals surface area contributed by atoms with Gasteiger partial charge in [0, 0.05) is 26.2 Å². The SMILES string of the molecule is CC(C)c1ccc2c(c1)CC[C@H]1[C@@](C)(CNCCNC[C@@]3(C)CCC[C@]4(C)c5ccc(C(C)C)cc5CC[C@@H]34)CCC[C@]21C. The van der Waals surface area contributed by atoms with Gasteiger partial charge in [-0.15, -0.1) is 0 Å². The lowest BCUT2D eigenvalue weighted by Gasteiger charge is -2.56. The van der Waals surface area contributed by atoms with Crippen LogP contribution in [0.5, 0.6) is 0 Å². The molecule has 242 valence electrons. The molecule has 2 aromatic carbocycles. The summed E-state index contributed by atoms with van der Waals surface area (Å²) in [5, 5.41) is 7.95. The number of hydrogen-bond donors (Lipinski definition) is 2. The first-order chi connectivity index (χ1) is 20.9. The minimum atomic E-state index is 0.327. The lowest BCUT2D eigenvalue weighted by Crippen LogP contribution is -2.54. The van der Waals surface area contributed by atoms with E-state index in [2.05, 4.69) is 102 Å². The monoisotopic (exact) mass is 597 g/mol. The number of benzene rings is 2. The molecule has 0 aliphatic heterocycles. The Balaban J connectivity index is 1.04. The van der Waals surface area contributed by atoms with Crippen molar-refractivity contribution >= 4 is 0 Å². The Kier molecular flexibility index (Phi) is 8.95. The van der Waals surface area contributed by atoms with Gasteiger partial charge in [0.05, 0.1) is 0 Å². The summed E-state index contributed by atoms with van der Waals surface area (Å²) < 4.78 is 0. The highest BCUT2D eigenvalue weighted by Crippen LogP contribution is 2.58. The standard InChI is InChI=1S/C42H64N2/c1-29(2)31-11-15-35-33(25-31)13-17-37-39(5,19-9-21-41(35,37)7)27-43-23-24-44-28-40(6)20-10-22-42(8)36-16-12-32(30(3)4)26-34(36)14-18-38(40)42/h11-12,15-16,25-26,29-30,37-38,43-44H,9-10,13-14,17-24,27-28H2,1-8H3/t37-,38-,39+,40+,41+,42+/m0/s1. The van der Waals surface area contributed by atoms with Gasteiger partial charge in [0.1, 0.15) is 0 Å². The number of fused-ring (bicyclic) bond motifs is 6. The Morgan fingerprint density at radius 1 is 0.614 bits per heavy atom. The predicted molar refractivity (Wildman–Crippen MR) is 189 cm³/mol. The van der Waals surface area contributed by atoms with E-state index in [0.717, 1.165) is 38.0 Å². The quantitative estimate of drug-likeness (QED) is 0.282. The molecule has 2 fully saturated rings. The van der Waals surface area contributed by atoms with E-state index in [1.807, 2.05) is 0 Å². The molecule has 0 heterocycles. The average Bonchev–Trinajstić information content (AvgIpc) is 2.98. The van der Waals surface area contributed by atoms with Crippen molar-refractivity contribution in [1.29, 1.82) is 0 Å². The minimum Gasteiger partial charge on any atom is -0.315 e. The van der Waals surface area contributed by atoms with Crippen LogP contribution in [0, 0.1) is 22.7 Å². The summed E-state index contributed by atoms with van der Waals surface area (Å²) in [6, 6.07) is 15.0. The summed E-state index contributed by atoms with van der Waals surface area (Å²) in [4.78, 5) is 0. The van der Waals surface area contributed by atoms with Gasteiger partial charge < -0.3 is 10.6 Å². The lowest BCUT2D eigenvalue weighted by molar-refractivity contribution is 0.0234. The molecule has 2 saturated carbocycles. The molecule has 2 N–H and O–H groups in total. The van der Waals surface area contributed by atoms with Crippen LogP contribution in [0.1, 0.15) is 152 Å². The van der Waals surface area contributed by atoms with Gasteiger partial charge in [-0.2, -0.15) is 0 Å².